The van der Waals surface area contributed by atoms with Crippen LogP contribution in [0.15, 0.2) is 48.5 Å². The third-order valence-corrected chi connectivity index (χ3v) is 6.18. The first-order valence-electron chi connectivity index (χ1n) is 11.3. The van der Waals surface area contributed by atoms with E-state index in [1.54, 1.807) is 12.0 Å². The Hall–Kier alpha value is -2.82. The fourth-order valence-corrected chi connectivity index (χ4v) is 4.33. The molecule has 166 valence electrons. The van der Waals surface area contributed by atoms with Gasteiger partial charge in [-0.25, -0.2) is 0 Å². The first-order chi connectivity index (χ1) is 15.0. The Morgan fingerprint density at radius 3 is 2.55 bits per heavy atom. The molecule has 1 aliphatic rings. The van der Waals surface area contributed by atoms with Gasteiger partial charge in [-0.1, -0.05) is 56.2 Å². The Bertz CT molecular complexity index is 890. The quantitative estimate of drug-likeness (QED) is 0.651. The molecule has 1 N–H and O–H groups in total. The number of amides is 2. The molecular formula is C26H34N2O3. The maximum Gasteiger partial charge on any atom is 0.243 e. The second-order valence-electron chi connectivity index (χ2n) is 8.39. The Balaban J connectivity index is 1.84. The van der Waals surface area contributed by atoms with Crippen LogP contribution in [0.3, 0.4) is 0 Å². The molecule has 0 unspecified atom stereocenters. The third kappa shape index (κ3) is 6.09. The SMILES string of the molecule is CC[C@@H](C(=O)NC1CCCC1)N(Cc1cccc(OC)c1)C(=O)Cc1ccccc1C. The summed E-state index contributed by atoms with van der Waals surface area (Å²) in [6.45, 7) is 4.36. The number of carbonyl (C=O) groups excluding carboxylic acids is 2. The van der Waals surface area contributed by atoms with Gasteiger partial charge in [0.2, 0.25) is 11.8 Å². The Kier molecular flexibility index (Phi) is 8.10. The number of hydrogen-bond donors (Lipinski definition) is 1. The fourth-order valence-electron chi connectivity index (χ4n) is 4.33. The molecule has 0 aliphatic heterocycles. The number of nitrogens with zero attached hydrogens (tertiary/aromatic N) is 1. The van der Waals surface area contributed by atoms with Crippen LogP contribution in [0.1, 0.15) is 55.7 Å². The zero-order valence-corrected chi connectivity index (χ0v) is 18.9. The van der Waals surface area contributed by atoms with Crippen LogP contribution in [0, 0.1) is 6.92 Å². The van der Waals surface area contributed by atoms with Crippen molar-refractivity contribution < 1.29 is 14.3 Å². The van der Waals surface area contributed by atoms with E-state index in [1.807, 2.05) is 62.4 Å². The van der Waals surface area contributed by atoms with Crippen molar-refractivity contribution >= 4 is 11.8 Å². The van der Waals surface area contributed by atoms with Gasteiger partial charge in [-0.2, -0.15) is 0 Å². The van der Waals surface area contributed by atoms with E-state index in [-0.39, 0.29) is 24.3 Å². The highest BCUT2D eigenvalue weighted by atomic mass is 16.5. The molecule has 0 aromatic heterocycles. The van der Waals surface area contributed by atoms with E-state index in [0.717, 1.165) is 48.1 Å². The highest BCUT2D eigenvalue weighted by Crippen LogP contribution is 2.21. The summed E-state index contributed by atoms with van der Waals surface area (Å²) >= 11 is 0. The number of hydrogen-bond acceptors (Lipinski definition) is 3. The van der Waals surface area contributed by atoms with Crippen LogP contribution in [0.2, 0.25) is 0 Å². The van der Waals surface area contributed by atoms with E-state index in [2.05, 4.69) is 5.32 Å². The van der Waals surface area contributed by atoms with Crippen LogP contribution >= 0.6 is 0 Å². The molecule has 2 aromatic carbocycles. The van der Waals surface area contributed by atoms with Gasteiger partial charge in [0.25, 0.3) is 0 Å². The number of rotatable bonds is 9. The lowest BCUT2D eigenvalue weighted by atomic mass is 10.0. The number of methoxy groups -OCH3 is 1. The lowest BCUT2D eigenvalue weighted by Crippen LogP contribution is -2.51. The number of benzene rings is 2. The van der Waals surface area contributed by atoms with Gasteiger partial charge in [0.05, 0.1) is 13.5 Å². The maximum absolute atomic E-state index is 13.5. The van der Waals surface area contributed by atoms with E-state index in [0.29, 0.717) is 13.0 Å². The second kappa shape index (κ2) is 11.0. The van der Waals surface area contributed by atoms with Crippen molar-refractivity contribution in [2.24, 2.45) is 0 Å². The molecule has 2 aromatic rings. The smallest absolute Gasteiger partial charge is 0.243 e. The normalized spacial score (nSPS) is 14.8. The minimum absolute atomic E-state index is 0.0365. The molecule has 0 saturated heterocycles. The molecule has 0 spiro atoms. The molecule has 1 atom stereocenters. The van der Waals surface area contributed by atoms with Gasteiger partial charge in [-0.05, 0) is 55.0 Å². The van der Waals surface area contributed by atoms with Crippen molar-refractivity contribution in [3.8, 4) is 5.75 Å². The molecular weight excluding hydrogens is 388 g/mol. The van der Waals surface area contributed by atoms with Crippen molar-refractivity contribution in [1.82, 2.24) is 10.2 Å². The lowest BCUT2D eigenvalue weighted by Gasteiger charge is -2.32. The van der Waals surface area contributed by atoms with Gasteiger partial charge in [0, 0.05) is 12.6 Å². The highest BCUT2D eigenvalue weighted by molar-refractivity contribution is 5.88. The van der Waals surface area contributed by atoms with Crippen LogP contribution < -0.4 is 10.1 Å². The van der Waals surface area contributed by atoms with Gasteiger partial charge < -0.3 is 15.0 Å². The number of ether oxygens (including phenoxy) is 1. The van der Waals surface area contributed by atoms with Crippen molar-refractivity contribution in [3.63, 3.8) is 0 Å². The van der Waals surface area contributed by atoms with Crippen LogP contribution in [0.4, 0.5) is 0 Å². The van der Waals surface area contributed by atoms with Gasteiger partial charge in [0.1, 0.15) is 11.8 Å². The van der Waals surface area contributed by atoms with Crippen LogP contribution in [-0.2, 0) is 22.6 Å². The Morgan fingerprint density at radius 2 is 1.87 bits per heavy atom. The summed E-state index contributed by atoms with van der Waals surface area (Å²) in [5.74, 6) is 0.660. The molecule has 3 rings (SSSR count). The number of aryl methyl sites for hydroxylation is 1. The summed E-state index contributed by atoms with van der Waals surface area (Å²) in [7, 11) is 1.63. The van der Waals surface area contributed by atoms with E-state index >= 15 is 0 Å². The molecule has 0 bridgehead atoms. The summed E-state index contributed by atoms with van der Waals surface area (Å²) in [5.41, 5.74) is 3.03. The first kappa shape index (κ1) is 22.9. The van der Waals surface area contributed by atoms with Gasteiger partial charge >= 0.3 is 0 Å². The van der Waals surface area contributed by atoms with Gasteiger partial charge in [-0.3, -0.25) is 9.59 Å². The minimum Gasteiger partial charge on any atom is -0.497 e. The number of carbonyl (C=O) groups is 2. The Labute approximate surface area is 185 Å². The van der Waals surface area contributed by atoms with E-state index in [1.165, 1.54) is 0 Å². The standard InChI is InChI=1S/C26H34N2O3/c1-4-24(26(30)27-22-13-7-8-14-22)28(18-20-11-9-15-23(16-20)31-3)25(29)17-21-12-6-5-10-19(21)2/h5-6,9-12,15-16,22,24H,4,7-8,13-14,17-18H2,1-3H3,(H,27,30)/t24-/m0/s1. The van der Waals surface area contributed by atoms with E-state index in [4.69, 9.17) is 4.74 Å². The summed E-state index contributed by atoms with van der Waals surface area (Å²) in [6, 6.07) is 15.3. The number of nitrogens with one attached hydrogen (secondary N) is 1. The largest absolute Gasteiger partial charge is 0.497 e. The van der Waals surface area contributed by atoms with Crippen LogP contribution in [0.5, 0.6) is 5.75 Å². The molecule has 0 radical (unpaired) electrons. The molecule has 1 aliphatic carbocycles. The Morgan fingerprint density at radius 1 is 1.13 bits per heavy atom. The molecule has 0 heterocycles. The summed E-state index contributed by atoms with van der Waals surface area (Å²) in [6.07, 6.45) is 5.21. The van der Waals surface area contributed by atoms with Crippen molar-refractivity contribution in [2.45, 2.75) is 71.0 Å². The molecule has 2 amide bonds. The van der Waals surface area contributed by atoms with Crippen molar-refractivity contribution in [3.05, 3.63) is 65.2 Å². The fraction of sp³-hybridized carbons (Fsp3) is 0.462. The van der Waals surface area contributed by atoms with Gasteiger partial charge in [-0.15, -0.1) is 0 Å². The first-order valence-corrected chi connectivity index (χ1v) is 11.3. The lowest BCUT2D eigenvalue weighted by molar-refractivity contribution is -0.141. The van der Waals surface area contributed by atoms with Crippen molar-refractivity contribution in [2.75, 3.05) is 7.11 Å². The van der Waals surface area contributed by atoms with Gasteiger partial charge in [0.15, 0.2) is 0 Å². The highest BCUT2D eigenvalue weighted by Gasteiger charge is 2.30. The average molecular weight is 423 g/mol. The monoisotopic (exact) mass is 422 g/mol. The zero-order chi connectivity index (χ0) is 22.2. The third-order valence-electron chi connectivity index (χ3n) is 6.18. The molecule has 5 nitrogen and oxygen atoms in total. The average Bonchev–Trinajstić information content (AvgIpc) is 3.28. The topological polar surface area (TPSA) is 58.6 Å². The predicted octanol–water partition coefficient (Wildman–Crippen LogP) is 4.41. The second-order valence-corrected chi connectivity index (χ2v) is 8.39. The minimum atomic E-state index is -0.497. The predicted molar refractivity (Wildman–Crippen MR) is 123 cm³/mol. The van der Waals surface area contributed by atoms with Crippen LogP contribution in [-0.4, -0.2) is 35.9 Å². The summed E-state index contributed by atoms with van der Waals surface area (Å²) in [5, 5.41) is 3.19. The molecule has 31 heavy (non-hydrogen) atoms. The van der Waals surface area contributed by atoms with Crippen LogP contribution in [0.25, 0.3) is 0 Å². The molecule has 1 fully saturated rings. The van der Waals surface area contributed by atoms with Crippen molar-refractivity contribution in [1.29, 1.82) is 0 Å². The molecule has 1 saturated carbocycles. The van der Waals surface area contributed by atoms with E-state index in [9.17, 15) is 9.59 Å². The molecule has 5 heteroatoms. The maximum atomic E-state index is 13.5. The van der Waals surface area contributed by atoms with E-state index < -0.39 is 6.04 Å². The summed E-state index contributed by atoms with van der Waals surface area (Å²) < 4.78 is 5.35. The zero-order valence-electron chi connectivity index (χ0n) is 18.9. The summed E-state index contributed by atoms with van der Waals surface area (Å²) in [4.78, 5) is 28.4.